The largest absolute Gasteiger partial charge is 0.370 e. The van der Waals surface area contributed by atoms with Crippen molar-refractivity contribution in [1.29, 1.82) is 0 Å². The summed E-state index contributed by atoms with van der Waals surface area (Å²) in [6, 6.07) is 16.9. The van der Waals surface area contributed by atoms with Gasteiger partial charge in [-0.15, -0.1) is 0 Å². The van der Waals surface area contributed by atoms with Gasteiger partial charge in [0.25, 0.3) is 0 Å². The fourth-order valence-corrected chi connectivity index (χ4v) is 2.52. The predicted molar refractivity (Wildman–Crippen MR) is 99.7 cm³/mol. The third kappa shape index (κ3) is 4.76. The van der Waals surface area contributed by atoms with Crippen molar-refractivity contribution in [2.45, 2.75) is 19.8 Å². The van der Waals surface area contributed by atoms with Crippen molar-refractivity contribution >= 4 is 17.3 Å². The lowest BCUT2D eigenvalue weighted by Gasteiger charge is -2.09. The number of aromatic nitrogens is 2. The van der Waals surface area contributed by atoms with Crippen LogP contribution in [-0.4, -0.2) is 16.5 Å². The maximum atomic E-state index is 13.6. The van der Waals surface area contributed by atoms with Crippen LogP contribution in [0.3, 0.4) is 0 Å². The normalized spacial score (nSPS) is 10.5. The summed E-state index contributed by atoms with van der Waals surface area (Å²) >= 11 is 0. The first-order chi connectivity index (χ1) is 12.2. The number of anilines is 3. The van der Waals surface area contributed by atoms with Crippen molar-refractivity contribution < 1.29 is 4.39 Å². The molecule has 5 heteroatoms. The van der Waals surface area contributed by atoms with Crippen LogP contribution in [0.15, 0.2) is 60.9 Å². The monoisotopic (exact) mass is 336 g/mol. The summed E-state index contributed by atoms with van der Waals surface area (Å²) in [5, 5.41) is 6.47. The molecule has 2 aromatic carbocycles. The molecule has 4 nitrogen and oxygen atoms in total. The molecular formula is C20H21FN4. The number of nitrogens with one attached hydrogen (secondary N) is 2. The first kappa shape index (κ1) is 16.9. The summed E-state index contributed by atoms with van der Waals surface area (Å²) in [7, 11) is 0. The Kier molecular flexibility index (Phi) is 5.57. The number of aryl methyl sites for hydroxylation is 1. The van der Waals surface area contributed by atoms with Crippen LogP contribution in [0.4, 0.5) is 21.7 Å². The van der Waals surface area contributed by atoms with Crippen LogP contribution in [0, 0.1) is 5.82 Å². The average Bonchev–Trinajstić information content (AvgIpc) is 2.64. The maximum Gasteiger partial charge on any atom is 0.135 e. The van der Waals surface area contributed by atoms with Gasteiger partial charge in [-0.05, 0) is 42.2 Å². The van der Waals surface area contributed by atoms with E-state index in [0.29, 0.717) is 30.2 Å². The molecule has 0 aliphatic heterocycles. The van der Waals surface area contributed by atoms with Crippen molar-refractivity contribution in [2.24, 2.45) is 0 Å². The number of nitrogens with zero attached hydrogens (tertiary/aromatic N) is 2. The maximum absolute atomic E-state index is 13.6. The second-order valence-electron chi connectivity index (χ2n) is 5.73. The van der Waals surface area contributed by atoms with Crippen LogP contribution in [0.2, 0.25) is 0 Å². The first-order valence-electron chi connectivity index (χ1n) is 8.40. The minimum absolute atomic E-state index is 0.176. The van der Waals surface area contributed by atoms with Gasteiger partial charge in [0.15, 0.2) is 0 Å². The third-order valence-electron chi connectivity index (χ3n) is 3.96. The van der Waals surface area contributed by atoms with E-state index in [4.69, 9.17) is 0 Å². The molecule has 0 bridgehead atoms. The van der Waals surface area contributed by atoms with E-state index in [1.54, 1.807) is 12.1 Å². The highest BCUT2D eigenvalue weighted by Gasteiger charge is 2.02. The molecule has 0 aliphatic rings. The number of halogens is 1. The average molecular weight is 336 g/mol. The Balaban J connectivity index is 1.58. The van der Waals surface area contributed by atoms with Gasteiger partial charge in [0.05, 0.1) is 0 Å². The quantitative estimate of drug-likeness (QED) is 0.663. The molecular weight excluding hydrogens is 315 g/mol. The van der Waals surface area contributed by atoms with E-state index in [1.807, 2.05) is 24.3 Å². The minimum Gasteiger partial charge on any atom is -0.370 e. The molecule has 1 heterocycles. The van der Waals surface area contributed by atoms with E-state index in [-0.39, 0.29) is 5.82 Å². The number of hydrogen-bond acceptors (Lipinski definition) is 4. The summed E-state index contributed by atoms with van der Waals surface area (Å²) < 4.78 is 13.6. The lowest BCUT2D eigenvalue weighted by Crippen LogP contribution is -2.08. The molecule has 1 aromatic heterocycles. The topological polar surface area (TPSA) is 49.8 Å². The summed E-state index contributed by atoms with van der Waals surface area (Å²) in [6.45, 7) is 2.73. The van der Waals surface area contributed by atoms with Crippen molar-refractivity contribution in [3.05, 3.63) is 77.9 Å². The van der Waals surface area contributed by atoms with Crippen LogP contribution >= 0.6 is 0 Å². The number of rotatable bonds is 7. The van der Waals surface area contributed by atoms with Gasteiger partial charge < -0.3 is 10.6 Å². The summed E-state index contributed by atoms with van der Waals surface area (Å²) in [4.78, 5) is 8.44. The van der Waals surface area contributed by atoms with E-state index in [0.717, 1.165) is 12.1 Å². The Morgan fingerprint density at radius 3 is 2.48 bits per heavy atom. The van der Waals surface area contributed by atoms with Gasteiger partial charge in [0.1, 0.15) is 23.8 Å². The van der Waals surface area contributed by atoms with Gasteiger partial charge in [-0.3, -0.25) is 0 Å². The van der Waals surface area contributed by atoms with Crippen molar-refractivity contribution in [1.82, 2.24) is 9.97 Å². The van der Waals surface area contributed by atoms with Gasteiger partial charge in [-0.2, -0.15) is 0 Å². The van der Waals surface area contributed by atoms with Crippen LogP contribution in [0.25, 0.3) is 0 Å². The molecule has 0 spiro atoms. The van der Waals surface area contributed by atoms with E-state index < -0.39 is 0 Å². The van der Waals surface area contributed by atoms with Crippen LogP contribution in [-0.2, 0) is 12.8 Å². The predicted octanol–water partition coefficient (Wildman–Crippen LogP) is 4.58. The molecule has 0 amide bonds. The van der Waals surface area contributed by atoms with E-state index in [2.05, 4.69) is 39.7 Å². The molecule has 25 heavy (non-hydrogen) atoms. The molecule has 2 N–H and O–H groups in total. The fourth-order valence-electron chi connectivity index (χ4n) is 2.52. The molecule has 0 unspecified atom stereocenters. The van der Waals surface area contributed by atoms with Gasteiger partial charge in [0, 0.05) is 18.3 Å². The number of hydrogen-bond donors (Lipinski definition) is 2. The first-order valence-corrected chi connectivity index (χ1v) is 8.40. The number of benzene rings is 2. The van der Waals surface area contributed by atoms with Crippen molar-refractivity contribution in [3.8, 4) is 0 Å². The van der Waals surface area contributed by atoms with E-state index >= 15 is 0 Å². The van der Waals surface area contributed by atoms with Gasteiger partial charge in [-0.1, -0.05) is 37.3 Å². The summed E-state index contributed by atoms with van der Waals surface area (Å²) in [5.41, 5.74) is 2.97. The highest BCUT2D eigenvalue weighted by molar-refractivity contribution is 5.59. The zero-order chi connectivity index (χ0) is 17.5. The SMILES string of the molecule is CCc1ccc(Nc2cc(NCCc3ccccc3F)ncn2)cc1. The Hall–Kier alpha value is -2.95. The third-order valence-corrected chi connectivity index (χ3v) is 3.96. The van der Waals surface area contributed by atoms with Gasteiger partial charge in [0.2, 0.25) is 0 Å². The molecule has 128 valence electrons. The smallest absolute Gasteiger partial charge is 0.135 e. The van der Waals surface area contributed by atoms with Crippen molar-refractivity contribution in [2.75, 3.05) is 17.2 Å². The Morgan fingerprint density at radius 2 is 1.72 bits per heavy atom. The molecule has 0 radical (unpaired) electrons. The molecule has 0 saturated heterocycles. The molecule has 3 aromatic rings. The molecule has 0 atom stereocenters. The fraction of sp³-hybridized carbons (Fsp3) is 0.200. The summed E-state index contributed by atoms with van der Waals surface area (Å²) in [5.74, 6) is 1.25. The minimum atomic E-state index is -0.176. The van der Waals surface area contributed by atoms with E-state index in [9.17, 15) is 4.39 Å². The van der Waals surface area contributed by atoms with Crippen LogP contribution < -0.4 is 10.6 Å². The molecule has 0 fully saturated rings. The lowest BCUT2D eigenvalue weighted by molar-refractivity contribution is 0.610. The highest BCUT2D eigenvalue weighted by Crippen LogP contribution is 2.17. The lowest BCUT2D eigenvalue weighted by atomic mass is 10.1. The second-order valence-corrected chi connectivity index (χ2v) is 5.73. The Morgan fingerprint density at radius 1 is 0.960 bits per heavy atom. The zero-order valence-electron chi connectivity index (χ0n) is 14.2. The molecule has 0 saturated carbocycles. The van der Waals surface area contributed by atoms with Crippen molar-refractivity contribution in [3.63, 3.8) is 0 Å². The Labute approximate surface area is 147 Å². The Bertz CT molecular complexity index is 818. The van der Waals surface area contributed by atoms with Crippen LogP contribution in [0.1, 0.15) is 18.1 Å². The standard InChI is InChI=1S/C20H21FN4/c1-2-15-7-9-17(10-8-15)25-20-13-19(23-14-24-20)22-12-11-16-5-3-4-6-18(16)21/h3-10,13-14H,2,11-12H2,1H3,(H2,22,23,24,25). The van der Waals surface area contributed by atoms with Gasteiger partial charge in [-0.25, -0.2) is 14.4 Å². The van der Waals surface area contributed by atoms with Crippen LogP contribution in [0.5, 0.6) is 0 Å². The summed E-state index contributed by atoms with van der Waals surface area (Å²) in [6.07, 6.45) is 3.12. The highest BCUT2D eigenvalue weighted by atomic mass is 19.1. The zero-order valence-corrected chi connectivity index (χ0v) is 14.2. The second kappa shape index (κ2) is 8.24. The molecule has 3 rings (SSSR count). The molecule has 0 aliphatic carbocycles. The van der Waals surface area contributed by atoms with E-state index in [1.165, 1.54) is 18.0 Å². The van der Waals surface area contributed by atoms with Gasteiger partial charge >= 0.3 is 0 Å².